The Morgan fingerprint density at radius 1 is 1.03 bits per heavy atom. The maximum absolute atomic E-state index is 13.1. The van der Waals surface area contributed by atoms with E-state index in [1.807, 2.05) is 0 Å². The van der Waals surface area contributed by atoms with Crippen LogP contribution in [0.1, 0.15) is 45.2 Å². The Kier molecular flexibility index (Phi) is 13.8. The van der Waals surface area contributed by atoms with Crippen molar-refractivity contribution in [3.05, 3.63) is 59.7 Å². The number of sulfone groups is 1. The first-order chi connectivity index (χ1) is 16.3. The average Bonchev–Trinajstić information content (AvgIpc) is 2.79. The number of hydrogen-bond acceptors (Lipinski definition) is 5. The van der Waals surface area contributed by atoms with Gasteiger partial charge in [-0.2, -0.15) is 13.2 Å². The Hall–Kier alpha value is -2.49. The summed E-state index contributed by atoms with van der Waals surface area (Å²) in [4.78, 5) is 3.40. The fourth-order valence-electron chi connectivity index (χ4n) is 3.07. The highest BCUT2D eigenvalue weighted by Gasteiger charge is 2.34. The number of benzene rings is 2. The molecule has 0 aliphatic heterocycles. The molecule has 0 fully saturated rings. The third-order valence-corrected chi connectivity index (χ3v) is 5.81. The Morgan fingerprint density at radius 3 is 1.89 bits per heavy atom. The Labute approximate surface area is 207 Å². The number of alkyl halides is 3. The minimum Gasteiger partial charge on any atom is -0.400 e. The van der Waals surface area contributed by atoms with Crippen LogP contribution in [0.3, 0.4) is 0 Å². The summed E-state index contributed by atoms with van der Waals surface area (Å²) in [5.74, 6) is -0.171. The minimum atomic E-state index is -4.54. The number of hydrogen-bond donors (Lipinski definition) is 2. The topological polar surface area (TPSA) is 87.0 Å². The van der Waals surface area contributed by atoms with E-state index in [1.165, 1.54) is 12.5 Å². The van der Waals surface area contributed by atoms with Gasteiger partial charge in [-0.1, -0.05) is 70.5 Å². The summed E-state index contributed by atoms with van der Waals surface area (Å²) < 4.78 is 63.3. The molecule has 0 heterocycles. The zero-order valence-corrected chi connectivity index (χ0v) is 22.1. The fraction of sp³-hybridized carbons (Fsp3) is 0.423. The molecule has 2 aromatic carbocycles. The molecule has 0 unspecified atom stereocenters. The van der Waals surface area contributed by atoms with E-state index in [4.69, 9.17) is 5.11 Å². The fourth-order valence-corrected chi connectivity index (χ4v) is 4.02. The van der Waals surface area contributed by atoms with Gasteiger partial charge in [0.2, 0.25) is 0 Å². The first kappa shape index (κ1) is 32.5. The lowest BCUT2D eigenvalue weighted by atomic mass is 9.92. The minimum absolute atomic E-state index is 0.0447. The van der Waals surface area contributed by atoms with E-state index >= 15 is 0 Å². The molecule has 2 N–H and O–H groups in total. The second-order valence-electron chi connectivity index (χ2n) is 7.90. The van der Waals surface area contributed by atoms with Crippen molar-refractivity contribution < 1.29 is 31.8 Å². The first-order valence-corrected chi connectivity index (χ1v) is 12.9. The quantitative estimate of drug-likeness (QED) is 0.466. The molecule has 0 bridgehead atoms. The van der Waals surface area contributed by atoms with Gasteiger partial charge in [-0.25, -0.2) is 8.42 Å². The number of aliphatic hydroxyl groups excluding tert-OH is 2. The summed E-state index contributed by atoms with van der Waals surface area (Å²) in [5, 5.41) is 16.4. The average molecular weight is 516 g/mol. The van der Waals surface area contributed by atoms with E-state index in [0.29, 0.717) is 27.8 Å². The van der Waals surface area contributed by atoms with Gasteiger partial charge < -0.3 is 10.2 Å². The lowest BCUT2D eigenvalue weighted by Crippen LogP contribution is -2.21. The molecule has 0 aliphatic carbocycles. The molecular formula is C26H36F3NO4S. The van der Waals surface area contributed by atoms with Crippen LogP contribution < -0.4 is 0 Å². The largest absolute Gasteiger partial charge is 0.432 e. The maximum atomic E-state index is 13.1. The third kappa shape index (κ3) is 9.95. The lowest BCUT2D eigenvalue weighted by molar-refractivity contribution is -0.0577. The molecule has 0 aliphatic rings. The number of aliphatic hydroxyl groups is 2. The second kappa shape index (κ2) is 14.8. The van der Waals surface area contributed by atoms with Gasteiger partial charge in [0.15, 0.2) is 9.84 Å². The third-order valence-electron chi connectivity index (χ3n) is 4.63. The molecule has 0 aromatic heterocycles. The molecule has 2 rings (SSSR count). The number of rotatable bonds is 6. The lowest BCUT2D eigenvalue weighted by Gasteiger charge is -2.15. The Bertz CT molecular complexity index is 1090. The van der Waals surface area contributed by atoms with Crippen LogP contribution in [-0.2, 0) is 16.4 Å². The van der Waals surface area contributed by atoms with Gasteiger partial charge in [0, 0.05) is 20.4 Å². The Balaban J connectivity index is 0.00000214. The van der Waals surface area contributed by atoms with E-state index < -0.39 is 28.3 Å². The summed E-state index contributed by atoms with van der Waals surface area (Å²) in [7, 11) is -1.42. The molecule has 0 radical (unpaired) electrons. The molecule has 196 valence electrons. The summed E-state index contributed by atoms with van der Waals surface area (Å²) >= 11 is 0. The molecule has 0 spiro atoms. The SMILES string of the molecule is CCC.CN=C(/C=C(/c1ccc(-c2ccc(CO)c(S(C)(=O)=O)c2)cc1)C(C)C)C(F)(F)F.CO. The van der Waals surface area contributed by atoms with Crippen molar-refractivity contribution >= 4 is 21.1 Å². The normalized spacial score (nSPS) is 12.5. The van der Waals surface area contributed by atoms with Gasteiger partial charge >= 0.3 is 6.18 Å². The zero-order chi connectivity index (χ0) is 27.4. The van der Waals surface area contributed by atoms with Crippen LogP contribution in [0.15, 0.2) is 58.4 Å². The number of allylic oxidation sites excluding steroid dienone is 2. The van der Waals surface area contributed by atoms with Crippen molar-refractivity contribution in [2.45, 2.75) is 51.8 Å². The van der Waals surface area contributed by atoms with Crippen molar-refractivity contribution in [1.82, 2.24) is 0 Å². The summed E-state index contributed by atoms with van der Waals surface area (Å²) in [6.07, 6.45) is -1.16. The number of halogens is 3. The van der Waals surface area contributed by atoms with Crippen LogP contribution in [-0.4, -0.2) is 50.9 Å². The molecule has 2 aromatic rings. The van der Waals surface area contributed by atoms with Crippen LogP contribution >= 0.6 is 0 Å². The first-order valence-electron chi connectivity index (χ1n) is 11.0. The summed E-state index contributed by atoms with van der Waals surface area (Å²) in [6, 6.07) is 11.6. The standard InChI is InChI=1S/C22H24F3NO3S.C3H8.CH4O/c1-14(2)19(12-21(26-3)22(23,24)25)16-7-5-15(6-8-16)17-9-10-18(13-27)20(11-17)30(4,28)29;1-3-2;1-2/h5-12,14,27H,13H2,1-4H3;3H2,1-2H3;2H,1H3/b19-12+,26-21?;;. The van der Waals surface area contributed by atoms with Crippen molar-refractivity contribution in [2.75, 3.05) is 20.4 Å². The van der Waals surface area contributed by atoms with E-state index in [1.54, 1.807) is 50.2 Å². The van der Waals surface area contributed by atoms with Crippen LogP contribution in [0, 0.1) is 5.92 Å². The molecule has 9 heteroatoms. The zero-order valence-electron chi connectivity index (χ0n) is 21.3. The maximum Gasteiger partial charge on any atom is 0.432 e. The van der Waals surface area contributed by atoms with E-state index in [-0.39, 0.29) is 10.8 Å². The highest BCUT2D eigenvalue weighted by molar-refractivity contribution is 7.90. The number of aliphatic imine (C=N–C) groups is 1. The van der Waals surface area contributed by atoms with Gasteiger partial charge in [-0.3, -0.25) is 4.99 Å². The molecule has 35 heavy (non-hydrogen) atoms. The van der Waals surface area contributed by atoms with E-state index in [2.05, 4.69) is 18.8 Å². The molecule has 0 saturated carbocycles. The van der Waals surface area contributed by atoms with Crippen LogP contribution in [0.4, 0.5) is 13.2 Å². The van der Waals surface area contributed by atoms with Gasteiger partial charge in [0.1, 0.15) is 5.71 Å². The van der Waals surface area contributed by atoms with Crippen LogP contribution in [0.25, 0.3) is 16.7 Å². The molecule has 0 saturated heterocycles. The van der Waals surface area contributed by atoms with Crippen molar-refractivity contribution in [3.8, 4) is 11.1 Å². The van der Waals surface area contributed by atoms with Crippen molar-refractivity contribution in [3.63, 3.8) is 0 Å². The molecule has 5 nitrogen and oxygen atoms in total. The summed E-state index contributed by atoms with van der Waals surface area (Å²) in [5.41, 5.74) is 1.80. The van der Waals surface area contributed by atoms with Crippen molar-refractivity contribution in [2.24, 2.45) is 10.9 Å². The smallest absolute Gasteiger partial charge is 0.400 e. The van der Waals surface area contributed by atoms with Gasteiger partial charge in [0.05, 0.1) is 11.5 Å². The highest BCUT2D eigenvalue weighted by Crippen LogP contribution is 2.30. The van der Waals surface area contributed by atoms with E-state index in [9.17, 15) is 26.7 Å². The van der Waals surface area contributed by atoms with Crippen LogP contribution in [0.5, 0.6) is 0 Å². The van der Waals surface area contributed by atoms with E-state index in [0.717, 1.165) is 26.5 Å². The van der Waals surface area contributed by atoms with Gasteiger partial charge in [-0.15, -0.1) is 0 Å². The number of nitrogens with zero attached hydrogens (tertiary/aromatic N) is 1. The van der Waals surface area contributed by atoms with Crippen LogP contribution in [0.2, 0.25) is 0 Å². The highest BCUT2D eigenvalue weighted by atomic mass is 32.2. The van der Waals surface area contributed by atoms with Crippen molar-refractivity contribution in [1.29, 1.82) is 0 Å². The summed E-state index contributed by atoms with van der Waals surface area (Å²) in [6.45, 7) is 7.45. The molecular weight excluding hydrogens is 479 g/mol. The predicted octanol–water partition coefficient (Wildman–Crippen LogP) is 5.95. The van der Waals surface area contributed by atoms with Gasteiger partial charge in [-0.05, 0) is 45.9 Å². The molecule has 0 atom stereocenters. The molecule has 0 amide bonds. The second-order valence-corrected chi connectivity index (χ2v) is 9.88. The monoisotopic (exact) mass is 515 g/mol. The van der Waals surface area contributed by atoms with Gasteiger partial charge in [0.25, 0.3) is 0 Å². The predicted molar refractivity (Wildman–Crippen MR) is 137 cm³/mol. The Morgan fingerprint density at radius 2 is 1.51 bits per heavy atom.